The highest BCUT2D eigenvalue weighted by molar-refractivity contribution is 8.28. The zero-order valence-electron chi connectivity index (χ0n) is 28.1. The number of nitrogens with one attached hydrogen (secondary N) is 1. The maximum absolute atomic E-state index is 14.2. The van der Waals surface area contributed by atoms with Crippen molar-refractivity contribution < 1.29 is 33.1 Å². The Labute approximate surface area is 294 Å². The first-order chi connectivity index (χ1) is 23.4. The molecule has 3 aliphatic heterocycles. The summed E-state index contributed by atoms with van der Waals surface area (Å²) in [4.78, 5) is 34.5. The number of hydrogen-bond donors (Lipinski definition) is 1. The number of rotatable bonds is 15. The van der Waals surface area contributed by atoms with Gasteiger partial charge < -0.3 is 38.7 Å². The fourth-order valence-electron chi connectivity index (χ4n) is 6.16. The summed E-state index contributed by atoms with van der Waals surface area (Å²) in [6.07, 6.45) is 7.32. The molecule has 2 aromatic rings. The molecule has 0 aliphatic carbocycles. The lowest BCUT2D eigenvalue weighted by molar-refractivity contribution is 0.0768. The molecule has 2 aromatic carbocycles. The molecule has 4 atom stereocenters. The Morgan fingerprint density at radius 2 is 1.69 bits per heavy atom. The van der Waals surface area contributed by atoms with Crippen molar-refractivity contribution in [2.45, 2.75) is 24.9 Å². The van der Waals surface area contributed by atoms with E-state index in [4.69, 9.17) is 35.5 Å². The zero-order valence-corrected chi connectivity index (χ0v) is 30.7. The van der Waals surface area contributed by atoms with Crippen LogP contribution in [-0.4, -0.2) is 117 Å². The predicted octanol–water partition coefficient (Wildman–Crippen LogP) is 5.14. The molecule has 3 aliphatic rings. The van der Waals surface area contributed by atoms with Crippen LogP contribution < -0.4 is 18.9 Å². The summed E-state index contributed by atoms with van der Waals surface area (Å²) in [6, 6.07) is 7.89. The summed E-state index contributed by atoms with van der Waals surface area (Å²) >= 11 is 5.41. The molecule has 2 unspecified atom stereocenters. The van der Waals surface area contributed by atoms with Crippen LogP contribution in [0.5, 0.6) is 23.0 Å². The van der Waals surface area contributed by atoms with Gasteiger partial charge in [0.15, 0.2) is 23.0 Å². The van der Waals surface area contributed by atoms with E-state index in [1.54, 1.807) is 46.3 Å². The number of methoxy groups -OCH3 is 2. The number of likely N-dealkylation sites (tertiary alicyclic amines) is 1. The molecule has 0 radical (unpaired) electrons. The molecular formula is C35H43N4O7PS2. The van der Waals surface area contributed by atoms with Gasteiger partial charge in [-0.15, -0.1) is 9.45 Å². The van der Waals surface area contributed by atoms with Gasteiger partial charge in [-0.2, -0.15) is 0 Å². The normalized spacial score (nSPS) is 20.3. The van der Waals surface area contributed by atoms with Crippen molar-refractivity contribution in [2.75, 3.05) is 71.0 Å². The number of benzene rings is 2. The van der Waals surface area contributed by atoms with Crippen molar-refractivity contribution in [3.05, 3.63) is 65.8 Å². The maximum atomic E-state index is 14.2. The fourth-order valence-corrected chi connectivity index (χ4v) is 10.7. The van der Waals surface area contributed by atoms with Crippen molar-refractivity contribution in [1.29, 1.82) is 5.41 Å². The van der Waals surface area contributed by atoms with Gasteiger partial charge >= 0.3 is 0 Å². The van der Waals surface area contributed by atoms with Crippen molar-refractivity contribution in [3.63, 3.8) is 0 Å². The maximum Gasteiger partial charge on any atom is 0.257 e. The highest BCUT2D eigenvalue weighted by Crippen LogP contribution is 2.46. The van der Waals surface area contributed by atoms with E-state index in [2.05, 4.69) is 18.2 Å². The van der Waals surface area contributed by atoms with Crippen LogP contribution >= 0.6 is 7.14 Å². The summed E-state index contributed by atoms with van der Waals surface area (Å²) in [5.41, 5.74) is 3.26. The third-order valence-electron chi connectivity index (χ3n) is 8.91. The topological polar surface area (TPSA) is 131 Å². The van der Waals surface area contributed by atoms with Crippen molar-refractivity contribution in [3.8, 4) is 23.0 Å². The predicted molar refractivity (Wildman–Crippen MR) is 199 cm³/mol. The SMILES string of the molecule is C=C1C[C@@H](C=N)N(C(=O)c2ccc(OCCP(=O)(CCOc3cc4c(cc3OC)C(=O)N3CC(=C)C[C@H]3C=N4)CCS(C)=S)c(OC)c2)C1. The summed E-state index contributed by atoms with van der Waals surface area (Å²) in [5.74, 6) is 1.95. The highest BCUT2D eigenvalue weighted by atomic mass is 32.8. The van der Waals surface area contributed by atoms with Gasteiger partial charge in [-0.3, -0.25) is 14.6 Å². The number of amides is 2. The van der Waals surface area contributed by atoms with E-state index in [0.717, 1.165) is 11.1 Å². The van der Waals surface area contributed by atoms with Crippen molar-refractivity contribution >= 4 is 57.7 Å². The minimum absolute atomic E-state index is 0.125. The third kappa shape index (κ3) is 8.51. The molecule has 0 aromatic heterocycles. The number of ether oxygens (including phenoxy) is 4. The minimum atomic E-state index is -2.79. The van der Waals surface area contributed by atoms with Crippen LogP contribution in [0.2, 0.25) is 0 Å². The van der Waals surface area contributed by atoms with Gasteiger partial charge in [-0.05, 0) is 43.4 Å². The molecule has 0 bridgehead atoms. The molecule has 262 valence electrons. The van der Waals surface area contributed by atoms with Crippen LogP contribution in [0.3, 0.4) is 0 Å². The molecular weight excluding hydrogens is 684 g/mol. The van der Waals surface area contributed by atoms with E-state index in [1.807, 2.05) is 6.26 Å². The van der Waals surface area contributed by atoms with E-state index in [0.29, 0.717) is 90.0 Å². The van der Waals surface area contributed by atoms with Gasteiger partial charge in [0.05, 0.1) is 57.9 Å². The second-order valence-electron chi connectivity index (χ2n) is 12.4. The van der Waals surface area contributed by atoms with E-state index in [9.17, 15) is 14.2 Å². The molecule has 14 heteroatoms. The first-order valence-electron chi connectivity index (χ1n) is 16.0. The molecule has 2 saturated heterocycles. The van der Waals surface area contributed by atoms with Gasteiger partial charge in [0.2, 0.25) is 0 Å². The Kier molecular flexibility index (Phi) is 11.8. The third-order valence-corrected chi connectivity index (χ3v) is 13.5. The summed E-state index contributed by atoms with van der Waals surface area (Å²) < 4.78 is 37.5. The Morgan fingerprint density at radius 3 is 2.37 bits per heavy atom. The van der Waals surface area contributed by atoms with E-state index in [1.165, 1.54) is 20.4 Å². The van der Waals surface area contributed by atoms with Crippen molar-refractivity contribution in [1.82, 2.24) is 9.80 Å². The minimum Gasteiger partial charge on any atom is -0.493 e. The largest absolute Gasteiger partial charge is 0.493 e. The monoisotopic (exact) mass is 726 g/mol. The number of hydrogen-bond acceptors (Lipinski definition) is 10. The number of fused-ring (bicyclic) bond motifs is 2. The highest BCUT2D eigenvalue weighted by Gasteiger charge is 2.35. The Balaban J connectivity index is 1.24. The van der Waals surface area contributed by atoms with Gasteiger partial charge in [0.25, 0.3) is 11.8 Å². The first-order valence-corrected chi connectivity index (χ1v) is 21.0. The molecule has 49 heavy (non-hydrogen) atoms. The van der Waals surface area contributed by atoms with Gasteiger partial charge in [-0.1, -0.05) is 35.5 Å². The number of aliphatic imine (C=N–C) groups is 1. The Morgan fingerprint density at radius 1 is 1.02 bits per heavy atom. The molecule has 0 spiro atoms. The van der Waals surface area contributed by atoms with Crippen LogP contribution in [0.1, 0.15) is 33.6 Å². The second-order valence-corrected chi connectivity index (χ2v) is 19.2. The summed E-state index contributed by atoms with van der Waals surface area (Å²) in [5, 5.41) is 7.68. The van der Waals surface area contributed by atoms with Gasteiger partial charge in [-0.25, -0.2) is 0 Å². The Hall–Kier alpha value is -3.80. The Bertz CT molecular complexity index is 1760. The molecule has 11 nitrogen and oxygen atoms in total. The lowest BCUT2D eigenvalue weighted by Gasteiger charge is -2.22. The number of nitrogens with zero attached hydrogens (tertiary/aromatic N) is 3. The summed E-state index contributed by atoms with van der Waals surface area (Å²) in [6.45, 7) is 9.24. The van der Waals surface area contributed by atoms with E-state index in [-0.39, 0.29) is 46.6 Å². The van der Waals surface area contributed by atoms with E-state index < -0.39 is 7.14 Å². The molecule has 2 amide bonds. The van der Waals surface area contributed by atoms with E-state index >= 15 is 0 Å². The fraction of sp³-hybridized carbons (Fsp3) is 0.429. The quantitative estimate of drug-likeness (QED) is 0.152. The summed E-state index contributed by atoms with van der Waals surface area (Å²) in [7, 11) is -0.0772. The molecule has 1 N–H and O–H groups in total. The molecule has 0 saturated carbocycles. The van der Waals surface area contributed by atoms with Crippen LogP contribution in [0.4, 0.5) is 5.69 Å². The lowest BCUT2D eigenvalue weighted by atomic mass is 10.1. The first kappa shape index (κ1) is 36.5. The number of carbonyl (C=O) groups excluding carboxylic acids is 2. The molecule has 2 fully saturated rings. The van der Waals surface area contributed by atoms with Gasteiger partial charge in [0.1, 0.15) is 0 Å². The lowest BCUT2D eigenvalue weighted by Crippen LogP contribution is -2.36. The second kappa shape index (κ2) is 15.8. The van der Waals surface area contributed by atoms with Crippen LogP contribution in [0.25, 0.3) is 0 Å². The smallest absolute Gasteiger partial charge is 0.257 e. The number of carbonyl (C=O) groups is 2. The standard InChI is InChI=1S/C35H43N4O7PS2/c1-23-14-26(19-36)38(21-23)34(40)25-6-7-30(31(16-25)43-3)45-8-10-47(42,12-13-49(5)48)11-9-46-33-18-29-28(17-32(33)44-4)35(41)39-22-24(2)15-27(39)20-37-29/h6-7,16-20,26-27,36H,1-2,8-15,21-22H2,3-5H3/t26-,27-,47?,49?/m0/s1. The van der Waals surface area contributed by atoms with Crippen LogP contribution in [0.15, 0.2) is 59.6 Å². The molecule has 3 heterocycles. The van der Waals surface area contributed by atoms with Crippen molar-refractivity contribution in [2.24, 2.45) is 4.99 Å². The average molecular weight is 727 g/mol. The zero-order chi connectivity index (χ0) is 35.3. The molecule has 5 rings (SSSR count). The van der Waals surface area contributed by atoms with Crippen LogP contribution in [-0.2, 0) is 25.2 Å². The average Bonchev–Trinajstić information content (AvgIpc) is 3.63. The van der Waals surface area contributed by atoms with Crippen LogP contribution in [0, 0.1) is 5.41 Å². The van der Waals surface area contributed by atoms with Gasteiger partial charge in [0, 0.05) is 61.4 Å².